The van der Waals surface area contributed by atoms with Crippen molar-refractivity contribution in [3.8, 4) is 0 Å². The summed E-state index contributed by atoms with van der Waals surface area (Å²) in [6, 6.07) is 0. The lowest BCUT2D eigenvalue weighted by atomic mass is 9.73. The number of carbonyl (C=O) groups is 2. The third-order valence-electron chi connectivity index (χ3n) is 7.39. The van der Waals surface area contributed by atoms with Crippen LogP contribution in [0.4, 0.5) is 0 Å². The van der Waals surface area contributed by atoms with Gasteiger partial charge in [-0.05, 0) is 56.9 Å². The summed E-state index contributed by atoms with van der Waals surface area (Å²) in [6.45, 7) is 18.3. The van der Waals surface area contributed by atoms with Crippen LogP contribution in [-0.4, -0.2) is 45.1 Å². The molecule has 0 radical (unpaired) electrons. The molecule has 2 rings (SSSR count). The Balaban J connectivity index is 0.000000499. The average Bonchev–Trinajstić information content (AvgIpc) is 3.22. The van der Waals surface area contributed by atoms with E-state index in [1.54, 1.807) is 25.2 Å². The van der Waals surface area contributed by atoms with Crippen molar-refractivity contribution in [1.29, 1.82) is 0 Å². The maximum Gasteiger partial charge on any atom is 0.222 e. The molecule has 1 aliphatic heterocycles. The second-order valence-corrected chi connectivity index (χ2v) is 13.8. The fourth-order valence-electron chi connectivity index (χ4n) is 5.19. The zero-order valence-corrected chi connectivity index (χ0v) is 26.2. The summed E-state index contributed by atoms with van der Waals surface area (Å²) in [5.74, 6) is 0.827. The molecule has 1 aromatic rings. The molecule has 1 amide bonds. The van der Waals surface area contributed by atoms with Crippen LogP contribution in [0.25, 0.3) is 6.08 Å². The van der Waals surface area contributed by atoms with Crippen LogP contribution in [0, 0.1) is 29.1 Å². The average molecular weight is 551 g/mol. The molecule has 6 nitrogen and oxygen atoms in total. The van der Waals surface area contributed by atoms with E-state index in [4.69, 9.17) is 0 Å². The van der Waals surface area contributed by atoms with Crippen LogP contribution >= 0.6 is 11.3 Å². The van der Waals surface area contributed by atoms with Gasteiger partial charge in [-0.3, -0.25) is 9.59 Å². The Kier molecular flexibility index (Phi) is 14.4. The van der Waals surface area contributed by atoms with Gasteiger partial charge in [-0.15, -0.1) is 11.3 Å². The van der Waals surface area contributed by atoms with Gasteiger partial charge in [0.25, 0.3) is 0 Å². The molecule has 0 bridgehead atoms. The van der Waals surface area contributed by atoms with Gasteiger partial charge in [0.05, 0.1) is 34.2 Å². The fraction of sp³-hybridized carbons (Fsp3) is 0.774. The van der Waals surface area contributed by atoms with Gasteiger partial charge >= 0.3 is 0 Å². The molecule has 1 saturated heterocycles. The quantitative estimate of drug-likeness (QED) is 0.402. The number of amides is 1. The predicted molar refractivity (Wildman–Crippen MR) is 159 cm³/mol. The Morgan fingerprint density at radius 1 is 1.18 bits per heavy atom. The summed E-state index contributed by atoms with van der Waals surface area (Å²) in [5, 5.41) is 27.3. The normalized spacial score (nSPS) is 30.1. The molecule has 1 aliphatic rings. The van der Waals surface area contributed by atoms with Gasteiger partial charge in [-0.2, -0.15) is 0 Å². The van der Waals surface area contributed by atoms with Gasteiger partial charge in [0.1, 0.15) is 5.78 Å². The van der Waals surface area contributed by atoms with E-state index in [1.165, 1.54) is 5.01 Å². The highest BCUT2D eigenvalue weighted by atomic mass is 32.1. The minimum Gasteiger partial charge on any atom is -0.392 e. The van der Waals surface area contributed by atoms with E-state index in [9.17, 15) is 19.8 Å². The number of aliphatic hydroxyl groups excluding tert-OH is 1. The van der Waals surface area contributed by atoms with Crippen molar-refractivity contribution in [2.45, 2.75) is 119 Å². The summed E-state index contributed by atoms with van der Waals surface area (Å²) < 4.78 is 0. The van der Waals surface area contributed by atoms with Gasteiger partial charge in [0.2, 0.25) is 5.91 Å². The van der Waals surface area contributed by atoms with Crippen molar-refractivity contribution in [3.63, 3.8) is 0 Å². The van der Waals surface area contributed by atoms with Crippen molar-refractivity contribution in [2.24, 2.45) is 29.1 Å². The second kappa shape index (κ2) is 15.9. The molecular weight excluding hydrogens is 496 g/mol. The number of nitrogens with one attached hydrogen (secondary N) is 1. The minimum atomic E-state index is -1.00. The first kappa shape index (κ1) is 34.5. The topological polar surface area (TPSA) is 99.5 Å². The Labute approximate surface area is 235 Å². The fourth-order valence-corrected chi connectivity index (χ4v) is 6.17. The molecule has 2 heterocycles. The summed E-state index contributed by atoms with van der Waals surface area (Å²) >= 11 is 1.76. The molecule has 1 aromatic heterocycles. The van der Waals surface area contributed by atoms with Crippen LogP contribution in [0.15, 0.2) is 11.5 Å². The summed E-state index contributed by atoms with van der Waals surface area (Å²) in [6.07, 6.45) is 8.09. The Bertz CT molecular complexity index is 890. The van der Waals surface area contributed by atoms with E-state index >= 15 is 0 Å². The lowest BCUT2D eigenvalue weighted by Gasteiger charge is -2.33. The third-order valence-corrected chi connectivity index (χ3v) is 8.28. The maximum absolute atomic E-state index is 12.8. The monoisotopic (exact) mass is 550 g/mol. The van der Waals surface area contributed by atoms with Crippen molar-refractivity contribution in [1.82, 2.24) is 10.3 Å². The second-order valence-electron chi connectivity index (χ2n) is 12.8. The number of hydrogen-bond acceptors (Lipinski definition) is 6. The first-order valence-corrected chi connectivity index (χ1v) is 15.2. The first-order valence-electron chi connectivity index (χ1n) is 14.4. The van der Waals surface area contributed by atoms with Crippen molar-refractivity contribution in [2.75, 3.05) is 6.54 Å². The van der Waals surface area contributed by atoms with E-state index in [0.29, 0.717) is 24.8 Å². The van der Waals surface area contributed by atoms with E-state index in [-0.39, 0.29) is 29.9 Å². The molecule has 1 fully saturated rings. The van der Waals surface area contributed by atoms with Crippen LogP contribution in [0.2, 0.25) is 0 Å². The number of nitrogens with zero attached hydrogens (tertiary/aromatic N) is 1. The van der Waals surface area contributed by atoms with Crippen molar-refractivity contribution in [3.05, 3.63) is 22.2 Å². The standard InChI is InChI=1S/C21H39NO4.C10H15NS/c1-14-8-7-9-21(6,26)12-15(2)13-22-18(24)11-17(23)20(4,5)19(25)16(3)10-14;1-4-5-9-7-12-10(11-9)6-8(2)3/h14-17,23,26H,7-13H2,1-6H3,(H,22,24);4-5,7-8H,6H2,1-3H3/b;5-4-/t14?,15-,16?,17?,21+;/m0./s1. The number of thiazole rings is 1. The highest BCUT2D eigenvalue weighted by molar-refractivity contribution is 7.09. The van der Waals surface area contributed by atoms with E-state index < -0.39 is 17.1 Å². The molecule has 3 N–H and O–H groups in total. The predicted octanol–water partition coefficient (Wildman–Crippen LogP) is 6.45. The SMILES string of the molecule is C/C=C\c1csc(CC(C)C)n1.CC1CCC[C@@](C)(O)C[C@H](C)CNC(=O)CC(O)C(C)(C)C(=O)C(C)C1. The summed E-state index contributed by atoms with van der Waals surface area (Å²) in [5.41, 5.74) is -0.592. The molecule has 5 atom stereocenters. The zero-order valence-electron chi connectivity index (χ0n) is 25.3. The zero-order chi connectivity index (χ0) is 29.1. The number of rotatable bonds is 3. The van der Waals surface area contributed by atoms with E-state index in [0.717, 1.165) is 37.8 Å². The number of allylic oxidation sites excluding steroid dienone is 1. The van der Waals surface area contributed by atoms with Crippen LogP contribution in [0.5, 0.6) is 0 Å². The smallest absolute Gasteiger partial charge is 0.222 e. The molecular formula is C31H54N2O4S. The van der Waals surface area contributed by atoms with Crippen LogP contribution < -0.4 is 5.32 Å². The molecule has 7 heteroatoms. The van der Waals surface area contributed by atoms with Crippen molar-refractivity contribution >= 4 is 29.1 Å². The summed E-state index contributed by atoms with van der Waals surface area (Å²) in [4.78, 5) is 29.5. The molecule has 0 spiro atoms. The van der Waals surface area contributed by atoms with Crippen LogP contribution in [0.1, 0.15) is 112 Å². The Morgan fingerprint density at radius 2 is 1.84 bits per heavy atom. The molecule has 218 valence electrons. The van der Waals surface area contributed by atoms with Crippen LogP contribution in [0.3, 0.4) is 0 Å². The Hall–Kier alpha value is -1.57. The molecule has 0 saturated carbocycles. The van der Waals surface area contributed by atoms with Crippen molar-refractivity contribution < 1.29 is 19.8 Å². The molecule has 0 aromatic carbocycles. The number of ketones is 1. The lowest BCUT2D eigenvalue weighted by molar-refractivity contribution is -0.139. The summed E-state index contributed by atoms with van der Waals surface area (Å²) in [7, 11) is 0. The highest BCUT2D eigenvalue weighted by Gasteiger charge is 2.39. The van der Waals surface area contributed by atoms with Gasteiger partial charge < -0.3 is 15.5 Å². The lowest BCUT2D eigenvalue weighted by Crippen LogP contribution is -2.44. The third kappa shape index (κ3) is 12.5. The molecule has 38 heavy (non-hydrogen) atoms. The van der Waals surface area contributed by atoms with Gasteiger partial charge in [-0.1, -0.05) is 67.4 Å². The molecule has 0 aliphatic carbocycles. The van der Waals surface area contributed by atoms with Gasteiger partial charge in [0, 0.05) is 24.3 Å². The number of aromatic nitrogens is 1. The Morgan fingerprint density at radius 3 is 2.45 bits per heavy atom. The highest BCUT2D eigenvalue weighted by Crippen LogP contribution is 2.32. The number of aliphatic hydroxyl groups is 2. The largest absolute Gasteiger partial charge is 0.392 e. The first-order chi connectivity index (χ1) is 17.6. The number of Topliss-reactive ketones (excluding diaryl/α,β-unsaturated/α-hetero) is 1. The maximum atomic E-state index is 12.8. The van der Waals surface area contributed by atoms with Crippen LogP contribution in [-0.2, 0) is 16.0 Å². The van der Waals surface area contributed by atoms with Gasteiger partial charge in [0.15, 0.2) is 0 Å². The minimum absolute atomic E-state index is 0.0112. The number of carbonyl (C=O) groups excluding carboxylic acids is 2. The van der Waals surface area contributed by atoms with Gasteiger partial charge in [-0.25, -0.2) is 4.98 Å². The molecule has 3 unspecified atom stereocenters. The van der Waals surface area contributed by atoms with E-state index in [2.05, 4.69) is 36.5 Å². The number of hydrogen-bond donors (Lipinski definition) is 3. The van der Waals surface area contributed by atoms with E-state index in [1.807, 2.05) is 39.8 Å².